The Bertz CT molecular complexity index is 938. The monoisotopic (exact) mass is 369 g/mol. The van der Waals surface area contributed by atoms with Gasteiger partial charge in [-0.15, -0.1) is 0 Å². The Kier molecular flexibility index (Phi) is 4.39. The van der Waals surface area contributed by atoms with Crippen molar-refractivity contribution >= 4 is 23.3 Å². The van der Waals surface area contributed by atoms with Crippen molar-refractivity contribution in [2.24, 2.45) is 0 Å². The van der Waals surface area contributed by atoms with Crippen molar-refractivity contribution in [3.63, 3.8) is 0 Å². The Balaban J connectivity index is 1.67. The van der Waals surface area contributed by atoms with Crippen LogP contribution in [0.5, 0.6) is 0 Å². The summed E-state index contributed by atoms with van der Waals surface area (Å²) < 4.78 is 15.5. The second kappa shape index (κ2) is 6.84. The quantitative estimate of drug-likeness (QED) is 0.684. The molecule has 0 saturated carbocycles. The number of nitrogens with one attached hydrogen (secondary N) is 1. The van der Waals surface area contributed by atoms with E-state index in [1.807, 2.05) is 18.3 Å². The van der Waals surface area contributed by atoms with Crippen LogP contribution in [0.1, 0.15) is 17.3 Å². The van der Waals surface area contributed by atoms with Crippen LogP contribution in [0.4, 0.5) is 14.9 Å². The number of halogens is 2. The molecule has 1 N–H and O–H groups in total. The highest BCUT2D eigenvalue weighted by atomic mass is 35.5. The third-order valence-corrected chi connectivity index (χ3v) is 4.80. The van der Waals surface area contributed by atoms with Crippen molar-refractivity contribution in [2.75, 3.05) is 11.9 Å². The molecular weight excluding hydrogens is 353 g/mol. The van der Waals surface area contributed by atoms with Crippen molar-refractivity contribution in [3.05, 3.63) is 89.0 Å². The lowest BCUT2D eigenvalue weighted by Gasteiger charge is -2.37. The normalized spacial score (nSPS) is 16.2. The van der Waals surface area contributed by atoms with Crippen LogP contribution in [0, 0.1) is 5.82 Å². The Labute approximate surface area is 155 Å². The minimum absolute atomic E-state index is 0.214. The standard InChI is InChI=1S/C20H17ClFN3O/c21-15-3-1-4-17(13-15)23-20(26)25-12-11-24-10-2-5-18(24)19(25)14-6-8-16(22)9-7-14/h1-10,13,19H,11-12H2,(H,23,26). The zero-order valence-corrected chi connectivity index (χ0v) is 14.7. The molecule has 1 atom stereocenters. The molecule has 6 heteroatoms. The smallest absolute Gasteiger partial charge is 0.322 e. The van der Waals surface area contributed by atoms with Crippen LogP contribution in [0.3, 0.4) is 0 Å². The zero-order chi connectivity index (χ0) is 18.1. The zero-order valence-electron chi connectivity index (χ0n) is 13.9. The van der Waals surface area contributed by atoms with E-state index in [2.05, 4.69) is 9.88 Å². The molecule has 0 bridgehead atoms. The molecule has 1 aliphatic heterocycles. The van der Waals surface area contributed by atoms with Crippen molar-refractivity contribution in [1.29, 1.82) is 0 Å². The molecule has 4 nitrogen and oxygen atoms in total. The average Bonchev–Trinajstić information content (AvgIpc) is 3.10. The van der Waals surface area contributed by atoms with E-state index < -0.39 is 0 Å². The molecule has 4 rings (SSSR count). The highest BCUT2D eigenvalue weighted by Gasteiger charge is 2.32. The molecule has 1 aliphatic rings. The summed E-state index contributed by atoms with van der Waals surface area (Å²) in [6, 6.07) is 16.8. The van der Waals surface area contributed by atoms with Crippen molar-refractivity contribution in [1.82, 2.24) is 9.47 Å². The molecule has 0 spiro atoms. The number of nitrogens with zero attached hydrogens (tertiary/aromatic N) is 2. The Morgan fingerprint density at radius 3 is 2.65 bits per heavy atom. The van der Waals surface area contributed by atoms with Crippen LogP contribution in [-0.2, 0) is 6.54 Å². The Hall–Kier alpha value is -2.79. The van der Waals surface area contributed by atoms with Crippen LogP contribution in [0.2, 0.25) is 5.02 Å². The van der Waals surface area contributed by atoms with Gasteiger partial charge in [0.15, 0.2) is 0 Å². The van der Waals surface area contributed by atoms with Gasteiger partial charge in [0.25, 0.3) is 0 Å². The maximum atomic E-state index is 13.4. The number of anilines is 1. The molecule has 2 heterocycles. The fourth-order valence-corrected chi connectivity index (χ4v) is 3.55. The summed E-state index contributed by atoms with van der Waals surface area (Å²) in [7, 11) is 0. The summed E-state index contributed by atoms with van der Waals surface area (Å²) in [6.07, 6.45) is 2.00. The molecule has 0 saturated heterocycles. The molecule has 132 valence electrons. The van der Waals surface area contributed by atoms with Crippen LogP contribution in [0.15, 0.2) is 66.9 Å². The van der Waals surface area contributed by atoms with E-state index in [1.54, 1.807) is 41.3 Å². The molecule has 2 aromatic carbocycles. The SMILES string of the molecule is O=C(Nc1cccc(Cl)c1)N1CCn2cccc2C1c1ccc(F)cc1. The lowest BCUT2D eigenvalue weighted by atomic mass is 10.0. The van der Waals surface area contributed by atoms with Crippen LogP contribution >= 0.6 is 11.6 Å². The largest absolute Gasteiger partial charge is 0.348 e. The lowest BCUT2D eigenvalue weighted by molar-refractivity contribution is 0.182. The molecule has 1 aromatic heterocycles. The first kappa shape index (κ1) is 16.7. The maximum absolute atomic E-state index is 13.4. The fourth-order valence-electron chi connectivity index (χ4n) is 3.36. The van der Waals surface area contributed by atoms with E-state index in [4.69, 9.17) is 11.6 Å². The van der Waals surface area contributed by atoms with Gasteiger partial charge in [-0.1, -0.05) is 29.8 Å². The summed E-state index contributed by atoms with van der Waals surface area (Å²) in [5.41, 5.74) is 2.51. The van der Waals surface area contributed by atoms with Gasteiger partial charge in [-0.2, -0.15) is 0 Å². The number of fused-ring (bicyclic) bond motifs is 1. The number of benzene rings is 2. The second-order valence-corrected chi connectivity index (χ2v) is 6.65. The van der Waals surface area contributed by atoms with E-state index in [9.17, 15) is 9.18 Å². The van der Waals surface area contributed by atoms with Crippen LogP contribution in [0.25, 0.3) is 0 Å². The summed E-state index contributed by atoms with van der Waals surface area (Å²) in [4.78, 5) is 14.7. The third-order valence-electron chi connectivity index (χ3n) is 4.56. The minimum Gasteiger partial charge on any atom is -0.348 e. The van der Waals surface area contributed by atoms with Gasteiger partial charge in [-0.3, -0.25) is 0 Å². The average molecular weight is 370 g/mol. The van der Waals surface area contributed by atoms with Gasteiger partial charge < -0.3 is 14.8 Å². The number of carbonyl (C=O) groups is 1. The van der Waals surface area contributed by atoms with E-state index in [0.717, 1.165) is 11.3 Å². The van der Waals surface area contributed by atoms with Gasteiger partial charge in [0.05, 0.1) is 6.04 Å². The van der Waals surface area contributed by atoms with Crippen molar-refractivity contribution in [2.45, 2.75) is 12.6 Å². The van der Waals surface area contributed by atoms with Gasteiger partial charge in [-0.25, -0.2) is 9.18 Å². The number of aromatic nitrogens is 1. The number of urea groups is 1. The van der Waals surface area contributed by atoms with Gasteiger partial charge in [-0.05, 0) is 48.0 Å². The van der Waals surface area contributed by atoms with Crippen LogP contribution < -0.4 is 5.32 Å². The van der Waals surface area contributed by atoms with Gasteiger partial charge >= 0.3 is 6.03 Å². The first-order chi connectivity index (χ1) is 12.6. The lowest BCUT2D eigenvalue weighted by Crippen LogP contribution is -2.44. The van der Waals surface area contributed by atoms with Crippen LogP contribution in [-0.4, -0.2) is 22.0 Å². The van der Waals surface area contributed by atoms with E-state index >= 15 is 0 Å². The number of carbonyl (C=O) groups excluding carboxylic acids is 1. The molecule has 0 aliphatic carbocycles. The summed E-state index contributed by atoms with van der Waals surface area (Å²) >= 11 is 6.00. The molecular formula is C20H17ClFN3O. The molecule has 0 fully saturated rings. The predicted molar refractivity (Wildman–Crippen MR) is 99.9 cm³/mol. The topological polar surface area (TPSA) is 37.3 Å². The Morgan fingerprint density at radius 2 is 1.88 bits per heavy atom. The van der Waals surface area contributed by atoms with Gasteiger partial charge in [0, 0.05) is 35.7 Å². The summed E-state index contributed by atoms with van der Waals surface area (Å²) in [5, 5.41) is 3.47. The van der Waals surface area contributed by atoms with Crippen molar-refractivity contribution in [3.8, 4) is 0 Å². The predicted octanol–water partition coefficient (Wildman–Crippen LogP) is 4.92. The van der Waals surface area contributed by atoms with Crippen molar-refractivity contribution < 1.29 is 9.18 Å². The number of amides is 2. The highest BCUT2D eigenvalue weighted by Crippen LogP contribution is 2.33. The molecule has 0 radical (unpaired) electrons. The minimum atomic E-state index is -0.296. The van der Waals surface area contributed by atoms with E-state index in [1.165, 1.54) is 12.1 Å². The second-order valence-electron chi connectivity index (χ2n) is 6.21. The first-order valence-electron chi connectivity index (χ1n) is 8.35. The number of hydrogen-bond acceptors (Lipinski definition) is 1. The summed E-state index contributed by atoms with van der Waals surface area (Å²) in [6.45, 7) is 1.26. The molecule has 26 heavy (non-hydrogen) atoms. The molecule has 3 aromatic rings. The van der Waals surface area contributed by atoms with Gasteiger partial charge in [0.1, 0.15) is 5.82 Å². The maximum Gasteiger partial charge on any atom is 0.322 e. The van der Waals surface area contributed by atoms with E-state index in [-0.39, 0.29) is 17.9 Å². The molecule has 1 unspecified atom stereocenters. The Morgan fingerprint density at radius 1 is 1.08 bits per heavy atom. The first-order valence-corrected chi connectivity index (χ1v) is 8.73. The number of rotatable bonds is 2. The van der Waals surface area contributed by atoms with Gasteiger partial charge in [0.2, 0.25) is 0 Å². The van der Waals surface area contributed by atoms with E-state index in [0.29, 0.717) is 23.8 Å². The third kappa shape index (κ3) is 3.18. The number of hydrogen-bond donors (Lipinski definition) is 1. The fraction of sp³-hybridized carbons (Fsp3) is 0.150. The molecule has 2 amide bonds. The highest BCUT2D eigenvalue weighted by molar-refractivity contribution is 6.30. The summed E-state index contributed by atoms with van der Waals surface area (Å²) in [5.74, 6) is -0.296.